The third-order valence-corrected chi connectivity index (χ3v) is 3.52. The summed E-state index contributed by atoms with van der Waals surface area (Å²) in [5, 5.41) is 21.6. The number of hydrogen-bond donors (Lipinski definition) is 4. The van der Waals surface area contributed by atoms with Crippen LogP contribution >= 0.6 is 0 Å². The lowest BCUT2D eigenvalue weighted by molar-refractivity contribution is -0.104. The maximum atomic E-state index is 12.0. The molecule has 1 aliphatic rings. The quantitative estimate of drug-likeness (QED) is 0.401. The fourth-order valence-electron chi connectivity index (χ4n) is 2.42. The molecule has 2 aromatic heterocycles. The largest absolute Gasteiger partial charge is 0.394 e. The molecule has 4 N–H and O–H groups in total. The smallest absolute Gasteiger partial charge is 0.280 e. The second kappa shape index (κ2) is 6.28. The van der Waals surface area contributed by atoms with Gasteiger partial charge in [0.05, 0.1) is 19.0 Å². The number of aliphatic hydroxyl groups is 2. The van der Waals surface area contributed by atoms with Gasteiger partial charge in [0.2, 0.25) is 5.95 Å². The van der Waals surface area contributed by atoms with Gasteiger partial charge in [0.1, 0.15) is 18.6 Å². The average molecular weight is 321 g/mol. The van der Waals surface area contributed by atoms with E-state index in [4.69, 9.17) is 9.84 Å². The van der Waals surface area contributed by atoms with Crippen molar-refractivity contribution in [3.05, 3.63) is 29.0 Å². The molecule has 0 saturated carbocycles. The molecule has 23 heavy (non-hydrogen) atoms. The molecule has 1 aliphatic heterocycles. The van der Waals surface area contributed by atoms with E-state index in [1.807, 2.05) is 0 Å². The van der Waals surface area contributed by atoms with Gasteiger partial charge in [-0.15, -0.1) is 0 Å². The Hall–Kier alpha value is -2.56. The van der Waals surface area contributed by atoms with E-state index in [2.05, 4.69) is 20.3 Å². The summed E-state index contributed by atoms with van der Waals surface area (Å²) in [5.41, 5.74) is -0.0556. The van der Waals surface area contributed by atoms with Gasteiger partial charge in [-0.1, -0.05) is 0 Å². The number of ether oxygens (including phenoxy) is 1. The number of imidazole rings is 1. The summed E-state index contributed by atoms with van der Waals surface area (Å²) in [5.74, 6) is 0.139. The van der Waals surface area contributed by atoms with E-state index in [1.165, 1.54) is 23.2 Å². The predicted octanol–water partition coefficient (Wildman–Crippen LogP) is -1.12. The Morgan fingerprint density at radius 3 is 3.09 bits per heavy atom. The molecule has 1 fully saturated rings. The highest BCUT2D eigenvalue weighted by molar-refractivity contribution is 5.71. The monoisotopic (exact) mass is 321 g/mol. The summed E-state index contributed by atoms with van der Waals surface area (Å²) in [6, 6.07) is 0. The molecule has 0 aliphatic carbocycles. The molecule has 10 nitrogen and oxygen atoms in total. The number of allylic oxidation sites excluding steroid dienone is 1. The Morgan fingerprint density at radius 1 is 1.57 bits per heavy atom. The van der Waals surface area contributed by atoms with Crippen LogP contribution in [-0.2, 0) is 9.53 Å². The summed E-state index contributed by atoms with van der Waals surface area (Å²) in [4.78, 5) is 33.0. The lowest BCUT2D eigenvalue weighted by Crippen LogP contribution is -2.24. The minimum atomic E-state index is -0.808. The van der Waals surface area contributed by atoms with E-state index >= 15 is 0 Å². The predicted molar refractivity (Wildman–Crippen MR) is 78.6 cm³/mol. The number of hydrogen-bond acceptors (Lipinski definition) is 8. The van der Waals surface area contributed by atoms with E-state index in [1.54, 1.807) is 0 Å². The first-order valence-electron chi connectivity index (χ1n) is 6.92. The molecule has 3 heterocycles. The van der Waals surface area contributed by atoms with Crippen LogP contribution in [0.4, 0.5) is 5.95 Å². The Kier molecular flexibility index (Phi) is 4.19. The standard InChI is InChI=1S/C13H15N5O5/c19-3-1-2-14-13-16-11-10(12(22)17-13)15-6-18(11)9-4-7(21)8(5-20)23-9/h1-3,6-9,20-21H,4-5H2,(H2,14,16,17,22)/b2-1+/t7-,8+,9+/m0/s1. The van der Waals surface area contributed by atoms with Crippen LogP contribution in [0.3, 0.4) is 0 Å². The number of nitrogens with one attached hydrogen (secondary N) is 2. The van der Waals surface area contributed by atoms with Crippen LogP contribution in [0.1, 0.15) is 12.6 Å². The third kappa shape index (κ3) is 2.86. The Balaban J connectivity index is 1.97. The molecule has 10 heteroatoms. The zero-order chi connectivity index (χ0) is 16.4. The number of fused-ring (bicyclic) bond motifs is 1. The first-order chi connectivity index (χ1) is 11.1. The number of aromatic nitrogens is 4. The van der Waals surface area contributed by atoms with Crippen molar-refractivity contribution < 1.29 is 19.7 Å². The zero-order valence-corrected chi connectivity index (χ0v) is 11.9. The second-order valence-electron chi connectivity index (χ2n) is 4.99. The summed E-state index contributed by atoms with van der Waals surface area (Å²) < 4.78 is 7.07. The maximum absolute atomic E-state index is 12.0. The van der Waals surface area contributed by atoms with Crippen molar-refractivity contribution in [3.8, 4) is 0 Å². The molecule has 0 amide bonds. The molecule has 2 aromatic rings. The Morgan fingerprint density at radius 2 is 2.39 bits per heavy atom. The third-order valence-electron chi connectivity index (χ3n) is 3.52. The lowest BCUT2D eigenvalue weighted by atomic mass is 10.2. The highest BCUT2D eigenvalue weighted by Crippen LogP contribution is 2.30. The van der Waals surface area contributed by atoms with E-state index in [-0.39, 0.29) is 30.1 Å². The second-order valence-corrected chi connectivity index (χ2v) is 4.99. The summed E-state index contributed by atoms with van der Waals surface area (Å²) in [6.07, 6.45) is 2.69. The minimum Gasteiger partial charge on any atom is -0.394 e. The van der Waals surface area contributed by atoms with Crippen molar-refractivity contribution in [2.75, 3.05) is 11.9 Å². The number of carbonyl (C=O) groups is 1. The number of carbonyl (C=O) groups excluding carboxylic acids is 1. The van der Waals surface area contributed by atoms with Crippen LogP contribution in [0.5, 0.6) is 0 Å². The summed E-state index contributed by atoms with van der Waals surface area (Å²) in [7, 11) is 0. The van der Waals surface area contributed by atoms with E-state index in [0.717, 1.165) is 0 Å². The number of aromatic amines is 1. The van der Waals surface area contributed by atoms with Crippen molar-refractivity contribution in [2.24, 2.45) is 0 Å². The van der Waals surface area contributed by atoms with Crippen molar-refractivity contribution in [2.45, 2.75) is 24.9 Å². The zero-order valence-electron chi connectivity index (χ0n) is 11.9. The van der Waals surface area contributed by atoms with Crippen LogP contribution < -0.4 is 10.9 Å². The van der Waals surface area contributed by atoms with Gasteiger partial charge >= 0.3 is 0 Å². The minimum absolute atomic E-state index is 0.125. The number of anilines is 1. The van der Waals surface area contributed by atoms with E-state index in [0.29, 0.717) is 6.29 Å². The fraction of sp³-hybridized carbons (Fsp3) is 0.385. The van der Waals surface area contributed by atoms with Crippen molar-refractivity contribution >= 4 is 23.4 Å². The number of nitrogens with zero attached hydrogens (tertiary/aromatic N) is 3. The molecule has 1 saturated heterocycles. The van der Waals surface area contributed by atoms with Gasteiger partial charge in [0.25, 0.3) is 5.56 Å². The lowest BCUT2D eigenvalue weighted by Gasteiger charge is -2.13. The maximum Gasteiger partial charge on any atom is 0.280 e. The van der Waals surface area contributed by atoms with Crippen LogP contribution in [-0.4, -0.2) is 54.8 Å². The van der Waals surface area contributed by atoms with Gasteiger partial charge in [-0.3, -0.25) is 19.1 Å². The molecule has 0 unspecified atom stereocenters. The molecule has 3 rings (SSSR count). The van der Waals surface area contributed by atoms with Crippen molar-refractivity contribution in [1.29, 1.82) is 0 Å². The highest BCUT2D eigenvalue weighted by Gasteiger charge is 2.35. The number of H-pyrrole nitrogens is 1. The summed E-state index contributed by atoms with van der Waals surface area (Å²) in [6.45, 7) is -0.304. The molecule has 0 aromatic carbocycles. The number of aldehydes is 1. The first-order valence-corrected chi connectivity index (χ1v) is 6.92. The SMILES string of the molecule is O=C/C=C/Nc1nc2c(ncn2[C@H]2C[C@H](O)[C@@H](CO)O2)c(=O)[nH]1. The van der Waals surface area contributed by atoms with Crippen LogP contribution in [0.25, 0.3) is 11.2 Å². The molecule has 0 radical (unpaired) electrons. The van der Waals surface area contributed by atoms with Crippen molar-refractivity contribution in [3.63, 3.8) is 0 Å². The fourth-order valence-corrected chi connectivity index (χ4v) is 2.42. The molecule has 0 spiro atoms. The Bertz CT molecular complexity index is 798. The van der Waals surface area contributed by atoms with Gasteiger partial charge in [0.15, 0.2) is 11.2 Å². The van der Waals surface area contributed by atoms with Crippen LogP contribution in [0.2, 0.25) is 0 Å². The summed E-state index contributed by atoms with van der Waals surface area (Å²) >= 11 is 0. The normalized spacial score (nSPS) is 24.5. The van der Waals surface area contributed by atoms with Gasteiger partial charge in [0, 0.05) is 12.6 Å². The number of rotatable bonds is 5. The average Bonchev–Trinajstić information content (AvgIpc) is 3.11. The highest BCUT2D eigenvalue weighted by atomic mass is 16.5. The molecule has 122 valence electrons. The van der Waals surface area contributed by atoms with Gasteiger partial charge < -0.3 is 20.3 Å². The van der Waals surface area contributed by atoms with Gasteiger partial charge in [-0.25, -0.2) is 4.98 Å². The van der Waals surface area contributed by atoms with E-state index in [9.17, 15) is 14.7 Å². The van der Waals surface area contributed by atoms with Gasteiger partial charge in [-0.05, 0) is 6.08 Å². The van der Waals surface area contributed by atoms with Crippen molar-refractivity contribution in [1.82, 2.24) is 19.5 Å². The molecular weight excluding hydrogens is 306 g/mol. The molecule has 0 bridgehead atoms. The van der Waals surface area contributed by atoms with Crippen LogP contribution in [0.15, 0.2) is 23.4 Å². The Labute approximate surface area is 129 Å². The first kappa shape index (κ1) is 15.3. The van der Waals surface area contributed by atoms with E-state index < -0.39 is 24.0 Å². The number of aliphatic hydroxyl groups excluding tert-OH is 2. The molecule has 3 atom stereocenters. The topological polar surface area (TPSA) is 142 Å². The van der Waals surface area contributed by atoms with Crippen LogP contribution in [0, 0.1) is 0 Å². The molecular formula is C13H15N5O5. The van der Waals surface area contributed by atoms with Gasteiger partial charge in [-0.2, -0.15) is 4.98 Å².